The topological polar surface area (TPSA) is 95.5 Å². The van der Waals surface area contributed by atoms with Crippen LogP contribution in [0.5, 0.6) is 0 Å². The first-order valence-electron chi connectivity index (χ1n) is 10.2. The molecule has 3 aromatic carbocycles. The van der Waals surface area contributed by atoms with Crippen LogP contribution < -0.4 is 10.6 Å². The van der Waals surface area contributed by atoms with Crippen LogP contribution in [0, 0.1) is 0 Å². The molecule has 8 heteroatoms. The normalized spacial score (nSPS) is 10.4. The molecule has 0 radical (unpaired) electrons. The molecule has 0 fully saturated rings. The number of carboxylic acid groups (broad SMARTS) is 1. The van der Waals surface area contributed by atoms with Gasteiger partial charge in [-0.1, -0.05) is 60.7 Å². The number of carboxylic acids is 1. The Bertz CT molecular complexity index is 1010. The minimum absolute atomic E-state index is 0.0167. The molecular weight excluding hydrogens is 456 g/mol. The van der Waals surface area contributed by atoms with Crippen LogP contribution in [0.3, 0.4) is 0 Å². The Labute approximate surface area is 201 Å². The smallest absolute Gasteiger partial charge is 0.335 e. The fraction of sp³-hybridized carbons (Fsp3) is 0.160. The Hall–Kier alpha value is -3.23. The van der Waals surface area contributed by atoms with Gasteiger partial charge in [-0.05, 0) is 29.3 Å². The highest BCUT2D eigenvalue weighted by Crippen LogP contribution is 2.21. The molecule has 0 saturated carbocycles. The number of nitrogens with one attached hydrogen (secondary N) is 2. The van der Waals surface area contributed by atoms with Crippen LogP contribution in [0.25, 0.3) is 0 Å². The fourth-order valence-corrected chi connectivity index (χ4v) is 4.54. The van der Waals surface area contributed by atoms with E-state index >= 15 is 0 Å². The molecule has 0 heterocycles. The minimum Gasteiger partial charge on any atom is -0.478 e. The molecule has 33 heavy (non-hydrogen) atoms. The second-order valence-corrected chi connectivity index (χ2v) is 9.13. The van der Waals surface area contributed by atoms with Crippen molar-refractivity contribution in [2.24, 2.45) is 0 Å². The van der Waals surface area contributed by atoms with Crippen molar-refractivity contribution in [3.05, 3.63) is 95.6 Å². The Balaban J connectivity index is 1.53. The number of carbonyl (C=O) groups excluding carboxylic acids is 2. The molecule has 2 amide bonds. The van der Waals surface area contributed by atoms with Crippen LogP contribution in [0.1, 0.15) is 21.5 Å². The highest BCUT2D eigenvalue weighted by molar-refractivity contribution is 7.99. The summed E-state index contributed by atoms with van der Waals surface area (Å²) in [4.78, 5) is 36.1. The van der Waals surface area contributed by atoms with Gasteiger partial charge in [0.25, 0.3) is 0 Å². The predicted octanol–water partition coefficient (Wildman–Crippen LogP) is 5.13. The van der Waals surface area contributed by atoms with Crippen molar-refractivity contribution in [1.82, 2.24) is 0 Å². The summed E-state index contributed by atoms with van der Waals surface area (Å²) in [5.74, 6) is 0.229. The standard InChI is InChI=1S/C25H24N2O4S2/c28-23(16-32-14-18-7-3-1-4-8-18)26-21-11-20(25(30)31)12-22(13-21)27-24(29)17-33-15-19-9-5-2-6-10-19/h1-13H,14-17H2,(H,26,28)(H,27,29)(H,30,31). The van der Waals surface area contributed by atoms with E-state index in [0.717, 1.165) is 11.1 Å². The number of hydrogen-bond donors (Lipinski definition) is 3. The maximum Gasteiger partial charge on any atom is 0.335 e. The fourth-order valence-electron chi connectivity index (χ4n) is 2.96. The maximum absolute atomic E-state index is 12.3. The Morgan fingerprint density at radius 1 is 0.667 bits per heavy atom. The molecule has 0 aliphatic rings. The van der Waals surface area contributed by atoms with Crippen molar-refractivity contribution in [2.75, 3.05) is 22.1 Å². The molecule has 0 aromatic heterocycles. The van der Waals surface area contributed by atoms with Gasteiger partial charge in [0.2, 0.25) is 11.8 Å². The third kappa shape index (κ3) is 8.67. The van der Waals surface area contributed by atoms with Crippen LogP contribution in [0.15, 0.2) is 78.9 Å². The van der Waals surface area contributed by atoms with E-state index in [1.165, 1.54) is 35.7 Å². The SMILES string of the molecule is O=C(CSCc1ccccc1)Nc1cc(NC(=O)CSCc2ccccc2)cc(C(=O)O)c1. The zero-order chi connectivity index (χ0) is 23.5. The summed E-state index contributed by atoms with van der Waals surface area (Å²) in [5.41, 5.74) is 2.88. The first kappa shape index (κ1) is 24.4. The van der Waals surface area contributed by atoms with Crippen molar-refractivity contribution in [3.63, 3.8) is 0 Å². The molecule has 0 unspecified atom stereocenters. The molecule has 3 aromatic rings. The molecule has 3 rings (SSSR count). The number of benzene rings is 3. The number of amides is 2. The monoisotopic (exact) mass is 480 g/mol. The van der Waals surface area contributed by atoms with Crippen molar-refractivity contribution in [2.45, 2.75) is 11.5 Å². The zero-order valence-electron chi connectivity index (χ0n) is 17.8. The molecule has 3 N–H and O–H groups in total. The van der Waals surface area contributed by atoms with Gasteiger partial charge in [-0.3, -0.25) is 9.59 Å². The summed E-state index contributed by atoms with van der Waals surface area (Å²) in [6.45, 7) is 0. The van der Waals surface area contributed by atoms with Gasteiger partial charge in [0.05, 0.1) is 17.1 Å². The maximum atomic E-state index is 12.3. The number of carbonyl (C=O) groups is 3. The van der Waals surface area contributed by atoms with Gasteiger partial charge in [-0.2, -0.15) is 0 Å². The van der Waals surface area contributed by atoms with Gasteiger partial charge >= 0.3 is 5.97 Å². The lowest BCUT2D eigenvalue weighted by molar-refractivity contribution is -0.114. The lowest BCUT2D eigenvalue weighted by atomic mass is 10.1. The third-order valence-electron chi connectivity index (χ3n) is 4.44. The van der Waals surface area contributed by atoms with E-state index in [1.807, 2.05) is 60.7 Å². The van der Waals surface area contributed by atoms with Crippen LogP contribution in [0.4, 0.5) is 11.4 Å². The third-order valence-corrected chi connectivity index (χ3v) is 6.44. The summed E-state index contributed by atoms with van der Waals surface area (Å²) in [7, 11) is 0. The van der Waals surface area contributed by atoms with Crippen LogP contribution in [-0.2, 0) is 21.1 Å². The van der Waals surface area contributed by atoms with Gasteiger partial charge in [0.1, 0.15) is 0 Å². The van der Waals surface area contributed by atoms with Crippen molar-refractivity contribution < 1.29 is 19.5 Å². The van der Waals surface area contributed by atoms with Crippen molar-refractivity contribution in [3.8, 4) is 0 Å². The summed E-state index contributed by atoms with van der Waals surface area (Å²) in [5, 5.41) is 14.8. The summed E-state index contributed by atoms with van der Waals surface area (Å²) < 4.78 is 0. The molecule has 0 saturated heterocycles. The average molecular weight is 481 g/mol. The highest BCUT2D eigenvalue weighted by atomic mass is 32.2. The molecule has 0 bridgehead atoms. The Kier molecular flexibility index (Phi) is 9.41. The average Bonchev–Trinajstić information content (AvgIpc) is 2.80. The van der Waals surface area contributed by atoms with Crippen LogP contribution in [-0.4, -0.2) is 34.4 Å². The minimum atomic E-state index is -1.14. The van der Waals surface area contributed by atoms with Gasteiger partial charge in [-0.15, -0.1) is 23.5 Å². The highest BCUT2D eigenvalue weighted by Gasteiger charge is 2.12. The van der Waals surface area contributed by atoms with Gasteiger partial charge in [-0.25, -0.2) is 4.79 Å². The van der Waals surface area contributed by atoms with Gasteiger partial charge in [0.15, 0.2) is 0 Å². The van der Waals surface area contributed by atoms with E-state index in [9.17, 15) is 19.5 Å². The lowest BCUT2D eigenvalue weighted by Crippen LogP contribution is -2.17. The van der Waals surface area contributed by atoms with E-state index in [4.69, 9.17) is 0 Å². The first-order chi connectivity index (χ1) is 16.0. The summed E-state index contributed by atoms with van der Waals surface area (Å²) in [6.07, 6.45) is 0. The first-order valence-corrected chi connectivity index (χ1v) is 12.5. The second-order valence-electron chi connectivity index (χ2n) is 7.16. The number of thioether (sulfide) groups is 2. The van der Waals surface area contributed by atoms with Crippen LogP contribution in [0.2, 0.25) is 0 Å². The Morgan fingerprint density at radius 3 is 1.48 bits per heavy atom. The largest absolute Gasteiger partial charge is 0.478 e. The number of hydrogen-bond acceptors (Lipinski definition) is 5. The number of aromatic carboxylic acids is 1. The molecule has 0 aliphatic carbocycles. The van der Waals surface area contributed by atoms with Crippen molar-refractivity contribution >= 4 is 52.7 Å². The summed E-state index contributed by atoms with van der Waals surface area (Å²) >= 11 is 2.93. The summed E-state index contributed by atoms with van der Waals surface area (Å²) in [6, 6.07) is 24.0. The van der Waals surface area contributed by atoms with E-state index in [0.29, 0.717) is 22.9 Å². The molecule has 6 nitrogen and oxygen atoms in total. The Morgan fingerprint density at radius 2 is 1.09 bits per heavy atom. The van der Waals surface area contributed by atoms with Gasteiger partial charge in [0, 0.05) is 22.9 Å². The van der Waals surface area contributed by atoms with E-state index in [1.54, 1.807) is 6.07 Å². The number of rotatable bonds is 11. The quantitative estimate of drug-likeness (QED) is 0.352. The van der Waals surface area contributed by atoms with E-state index < -0.39 is 5.97 Å². The second kappa shape index (κ2) is 12.7. The molecule has 0 aliphatic heterocycles. The lowest BCUT2D eigenvalue weighted by Gasteiger charge is -2.11. The van der Waals surface area contributed by atoms with Crippen LogP contribution >= 0.6 is 23.5 Å². The van der Waals surface area contributed by atoms with E-state index in [-0.39, 0.29) is 28.9 Å². The van der Waals surface area contributed by atoms with Crippen molar-refractivity contribution in [1.29, 1.82) is 0 Å². The molecule has 0 spiro atoms. The van der Waals surface area contributed by atoms with Gasteiger partial charge < -0.3 is 15.7 Å². The molecule has 0 atom stereocenters. The zero-order valence-corrected chi connectivity index (χ0v) is 19.5. The molecular formula is C25H24N2O4S2. The van der Waals surface area contributed by atoms with E-state index in [2.05, 4.69) is 10.6 Å². The predicted molar refractivity (Wildman–Crippen MR) is 136 cm³/mol. The number of anilines is 2. The molecule has 170 valence electrons.